The summed E-state index contributed by atoms with van der Waals surface area (Å²) in [6, 6.07) is 12.7. The molecule has 3 heterocycles. The standard InChI is InChI=1S/C23H30N4O2/c28-21-15-20(26-10-12-29-13-11-26)24-22(25-21)27-17-23(8-4-5-9-23)16-19(27)14-18-6-2-1-3-7-18/h1-3,6-7,15,19H,4-5,8-14,16-17H2,(H,24,25,28). The Morgan fingerprint density at radius 1 is 1.14 bits per heavy atom. The zero-order chi connectivity index (χ0) is 19.7. The molecule has 0 radical (unpaired) electrons. The van der Waals surface area contributed by atoms with Crippen molar-refractivity contribution in [1.29, 1.82) is 0 Å². The molecule has 6 nitrogen and oxygen atoms in total. The molecule has 1 unspecified atom stereocenters. The summed E-state index contributed by atoms with van der Waals surface area (Å²) in [5, 5.41) is 0. The van der Waals surface area contributed by atoms with Gasteiger partial charge in [0, 0.05) is 31.7 Å². The van der Waals surface area contributed by atoms with E-state index in [9.17, 15) is 4.79 Å². The highest BCUT2D eigenvalue weighted by molar-refractivity contribution is 5.46. The van der Waals surface area contributed by atoms with E-state index in [0.717, 1.165) is 37.8 Å². The zero-order valence-corrected chi connectivity index (χ0v) is 17.0. The first kappa shape index (κ1) is 18.7. The lowest BCUT2D eigenvalue weighted by Crippen LogP contribution is -2.39. The predicted molar refractivity (Wildman–Crippen MR) is 115 cm³/mol. The molecule has 29 heavy (non-hydrogen) atoms. The predicted octanol–water partition coefficient (Wildman–Crippen LogP) is 2.99. The Morgan fingerprint density at radius 2 is 1.90 bits per heavy atom. The molecule has 1 saturated carbocycles. The van der Waals surface area contributed by atoms with Crippen molar-refractivity contribution in [2.75, 3.05) is 42.6 Å². The Bertz CT molecular complexity index is 885. The first-order valence-corrected chi connectivity index (χ1v) is 11.0. The zero-order valence-electron chi connectivity index (χ0n) is 17.0. The topological polar surface area (TPSA) is 61.5 Å². The number of aromatic nitrogens is 2. The number of aromatic amines is 1. The number of hydrogen-bond acceptors (Lipinski definition) is 5. The van der Waals surface area contributed by atoms with Gasteiger partial charge >= 0.3 is 0 Å². The summed E-state index contributed by atoms with van der Waals surface area (Å²) >= 11 is 0. The van der Waals surface area contributed by atoms with Crippen molar-refractivity contribution in [2.45, 2.75) is 44.6 Å². The Balaban J connectivity index is 1.46. The van der Waals surface area contributed by atoms with E-state index in [1.54, 1.807) is 6.07 Å². The summed E-state index contributed by atoms with van der Waals surface area (Å²) in [4.78, 5) is 25.0. The molecule has 5 rings (SSSR count). The molecule has 2 aliphatic heterocycles. The monoisotopic (exact) mass is 394 g/mol. The molecule has 2 aromatic rings. The third-order valence-electron chi connectivity index (χ3n) is 6.92. The number of rotatable bonds is 4. The van der Waals surface area contributed by atoms with Gasteiger partial charge in [0.1, 0.15) is 5.82 Å². The van der Waals surface area contributed by atoms with Crippen molar-refractivity contribution in [1.82, 2.24) is 9.97 Å². The number of nitrogens with zero attached hydrogens (tertiary/aromatic N) is 3. The summed E-state index contributed by atoms with van der Waals surface area (Å²) in [5.41, 5.74) is 1.67. The van der Waals surface area contributed by atoms with E-state index >= 15 is 0 Å². The maximum absolute atomic E-state index is 12.5. The molecule has 154 valence electrons. The normalized spacial score (nSPS) is 23.8. The first-order chi connectivity index (χ1) is 14.2. The van der Waals surface area contributed by atoms with Gasteiger partial charge in [-0.15, -0.1) is 0 Å². The largest absolute Gasteiger partial charge is 0.378 e. The van der Waals surface area contributed by atoms with Crippen LogP contribution in [0.3, 0.4) is 0 Å². The maximum Gasteiger partial charge on any atom is 0.254 e. The van der Waals surface area contributed by atoms with E-state index < -0.39 is 0 Å². The van der Waals surface area contributed by atoms with Crippen LogP contribution in [0.4, 0.5) is 11.8 Å². The Kier molecular flexibility index (Phi) is 5.04. The number of nitrogens with one attached hydrogen (secondary N) is 1. The van der Waals surface area contributed by atoms with Crippen LogP contribution < -0.4 is 15.4 Å². The Morgan fingerprint density at radius 3 is 2.66 bits per heavy atom. The van der Waals surface area contributed by atoms with Crippen LogP contribution in [-0.4, -0.2) is 48.9 Å². The van der Waals surface area contributed by atoms with Gasteiger partial charge in [-0.3, -0.25) is 9.78 Å². The summed E-state index contributed by atoms with van der Waals surface area (Å²) < 4.78 is 5.46. The van der Waals surface area contributed by atoms with Gasteiger partial charge in [0.2, 0.25) is 5.95 Å². The van der Waals surface area contributed by atoms with Gasteiger partial charge in [0.05, 0.1) is 13.2 Å². The van der Waals surface area contributed by atoms with Gasteiger partial charge in [-0.05, 0) is 36.7 Å². The molecular weight excluding hydrogens is 364 g/mol. The van der Waals surface area contributed by atoms with Crippen molar-refractivity contribution in [3.05, 3.63) is 52.3 Å². The van der Waals surface area contributed by atoms with Crippen molar-refractivity contribution >= 4 is 11.8 Å². The maximum atomic E-state index is 12.5. The molecule has 0 bridgehead atoms. The van der Waals surface area contributed by atoms with Crippen molar-refractivity contribution < 1.29 is 4.74 Å². The number of morpholine rings is 1. The number of H-pyrrole nitrogens is 1. The van der Waals surface area contributed by atoms with Crippen LogP contribution in [0.15, 0.2) is 41.2 Å². The molecule has 1 aromatic heterocycles. The van der Waals surface area contributed by atoms with Crippen LogP contribution in [0.25, 0.3) is 0 Å². The highest BCUT2D eigenvalue weighted by Gasteiger charge is 2.46. The highest BCUT2D eigenvalue weighted by Crippen LogP contribution is 2.49. The lowest BCUT2D eigenvalue weighted by Gasteiger charge is -2.30. The average Bonchev–Trinajstić information content (AvgIpc) is 3.36. The van der Waals surface area contributed by atoms with Crippen LogP contribution in [0.1, 0.15) is 37.7 Å². The van der Waals surface area contributed by atoms with Gasteiger partial charge < -0.3 is 14.5 Å². The number of anilines is 2. The summed E-state index contributed by atoms with van der Waals surface area (Å²) in [6.07, 6.45) is 7.42. The minimum atomic E-state index is -0.0673. The van der Waals surface area contributed by atoms with Crippen molar-refractivity contribution in [2.24, 2.45) is 5.41 Å². The molecule has 2 saturated heterocycles. The lowest BCUT2D eigenvalue weighted by atomic mass is 9.83. The van der Waals surface area contributed by atoms with E-state index in [4.69, 9.17) is 9.72 Å². The van der Waals surface area contributed by atoms with E-state index in [1.165, 1.54) is 37.7 Å². The second-order valence-electron chi connectivity index (χ2n) is 8.91. The van der Waals surface area contributed by atoms with Gasteiger partial charge in [-0.1, -0.05) is 43.2 Å². The van der Waals surface area contributed by atoms with Gasteiger partial charge in [-0.2, -0.15) is 4.98 Å². The summed E-state index contributed by atoms with van der Waals surface area (Å²) in [5.74, 6) is 1.52. The lowest BCUT2D eigenvalue weighted by molar-refractivity contribution is 0.122. The molecule has 1 aliphatic carbocycles. The molecule has 1 N–H and O–H groups in total. The van der Waals surface area contributed by atoms with Crippen molar-refractivity contribution in [3.8, 4) is 0 Å². The molecular formula is C23H30N4O2. The SMILES string of the molecule is O=c1cc(N2CCOCC2)nc(N2CC3(CCCC3)CC2Cc2ccccc2)[nH]1. The molecule has 1 atom stereocenters. The minimum Gasteiger partial charge on any atom is -0.378 e. The summed E-state index contributed by atoms with van der Waals surface area (Å²) in [6.45, 7) is 3.95. The van der Waals surface area contributed by atoms with Gasteiger partial charge in [0.15, 0.2) is 0 Å². The first-order valence-electron chi connectivity index (χ1n) is 11.0. The second-order valence-corrected chi connectivity index (χ2v) is 8.91. The van der Waals surface area contributed by atoms with Gasteiger partial charge in [-0.25, -0.2) is 0 Å². The molecule has 1 aromatic carbocycles. The quantitative estimate of drug-likeness (QED) is 0.864. The van der Waals surface area contributed by atoms with E-state index in [2.05, 4.69) is 45.1 Å². The van der Waals surface area contributed by atoms with E-state index in [-0.39, 0.29) is 5.56 Å². The van der Waals surface area contributed by atoms with Crippen LogP contribution >= 0.6 is 0 Å². The number of hydrogen-bond donors (Lipinski definition) is 1. The molecule has 3 fully saturated rings. The summed E-state index contributed by atoms with van der Waals surface area (Å²) in [7, 11) is 0. The third-order valence-corrected chi connectivity index (χ3v) is 6.92. The minimum absolute atomic E-state index is 0.0673. The average molecular weight is 395 g/mol. The Labute approximate surface area is 171 Å². The number of benzene rings is 1. The molecule has 6 heteroatoms. The molecule has 0 amide bonds. The smallest absolute Gasteiger partial charge is 0.254 e. The van der Waals surface area contributed by atoms with Crippen molar-refractivity contribution in [3.63, 3.8) is 0 Å². The third kappa shape index (κ3) is 3.90. The Hall–Kier alpha value is -2.34. The van der Waals surface area contributed by atoms with E-state index in [0.29, 0.717) is 24.7 Å². The van der Waals surface area contributed by atoms with E-state index in [1.807, 2.05) is 0 Å². The number of ether oxygens (including phenoxy) is 1. The molecule has 3 aliphatic rings. The van der Waals surface area contributed by atoms with Crippen LogP contribution in [0.5, 0.6) is 0 Å². The molecule has 1 spiro atoms. The fourth-order valence-electron chi connectivity index (χ4n) is 5.49. The fourth-order valence-corrected chi connectivity index (χ4v) is 5.49. The van der Waals surface area contributed by atoms with Crippen LogP contribution in [0, 0.1) is 5.41 Å². The van der Waals surface area contributed by atoms with Crippen LogP contribution in [-0.2, 0) is 11.2 Å². The van der Waals surface area contributed by atoms with Crippen LogP contribution in [0.2, 0.25) is 0 Å². The second kappa shape index (κ2) is 7.82. The van der Waals surface area contributed by atoms with Gasteiger partial charge in [0.25, 0.3) is 5.56 Å². The highest BCUT2D eigenvalue weighted by atomic mass is 16.5. The fraction of sp³-hybridized carbons (Fsp3) is 0.565.